The van der Waals surface area contributed by atoms with Crippen LogP contribution in [-0.2, 0) is 0 Å². The molecule has 0 aliphatic carbocycles. The fraction of sp³-hybridized carbons (Fsp3) is 0.308. The molecule has 21 heavy (non-hydrogen) atoms. The molecule has 0 aromatic carbocycles. The Morgan fingerprint density at radius 1 is 1.38 bits per heavy atom. The van der Waals surface area contributed by atoms with Crippen LogP contribution in [0.15, 0.2) is 35.5 Å². The first-order chi connectivity index (χ1) is 10.2. The van der Waals surface area contributed by atoms with Gasteiger partial charge < -0.3 is 9.64 Å². The Kier molecular flexibility index (Phi) is 3.59. The number of nitrogens with one attached hydrogen (secondary N) is 1. The van der Waals surface area contributed by atoms with Crippen molar-refractivity contribution in [2.45, 2.75) is 12.5 Å². The zero-order valence-corrected chi connectivity index (χ0v) is 11.1. The lowest BCUT2D eigenvalue weighted by Gasteiger charge is -2.16. The van der Waals surface area contributed by atoms with E-state index in [0.717, 1.165) is 6.42 Å². The Morgan fingerprint density at radius 3 is 3.00 bits per heavy atom. The molecule has 3 heterocycles. The summed E-state index contributed by atoms with van der Waals surface area (Å²) in [6.07, 6.45) is 3.63. The van der Waals surface area contributed by atoms with Crippen LogP contribution in [0.3, 0.4) is 0 Å². The maximum Gasteiger partial charge on any atom is 0.274 e. The second kappa shape index (κ2) is 5.70. The molecule has 8 heteroatoms. The van der Waals surface area contributed by atoms with Gasteiger partial charge in [-0.3, -0.25) is 9.59 Å². The highest BCUT2D eigenvalue weighted by Crippen LogP contribution is 2.17. The molecular formula is C13H13N5O3. The van der Waals surface area contributed by atoms with E-state index in [-0.39, 0.29) is 23.3 Å². The molecule has 8 nitrogen and oxygen atoms in total. The molecule has 3 rings (SSSR count). The van der Waals surface area contributed by atoms with Crippen LogP contribution in [0.25, 0.3) is 0 Å². The number of H-pyrrole nitrogens is 1. The van der Waals surface area contributed by atoms with Crippen LogP contribution < -0.4 is 10.3 Å². The summed E-state index contributed by atoms with van der Waals surface area (Å²) in [7, 11) is 0. The molecule has 1 saturated heterocycles. The summed E-state index contributed by atoms with van der Waals surface area (Å²) in [4.78, 5) is 32.6. The van der Waals surface area contributed by atoms with E-state index >= 15 is 0 Å². The van der Waals surface area contributed by atoms with Crippen molar-refractivity contribution < 1.29 is 9.53 Å². The van der Waals surface area contributed by atoms with Crippen LogP contribution in [0.5, 0.6) is 5.88 Å². The van der Waals surface area contributed by atoms with Gasteiger partial charge in [0.05, 0.1) is 6.54 Å². The average molecular weight is 287 g/mol. The van der Waals surface area contributed by atoms with Crippen LogP contribution in [0, 0.1) is 0 Å². The number of hydrogen-bond donors (Lipinski definition) is 1. The summed E-state index contributed by atoms with van der Waals surface area (Å²) < 4.78 is 5.69. The number of hydrogen-bond acceptors (Lipinski definition) is 6. The van der Waals surface area contributed by atoms with E-state index in [9.17, 15) is 9.59 Å². The van der Waals surface area contributed by atoms with E-state index in [2.05, 4.69) is 20.2 Å². The minimum Gasteiger partial charge on any atom is -0.472 e. The summed E-state index contributed by atoms with van der Waals surface area (Å²) in [6.45, 7) is 1.04. The summed E-state index contributed by atoms with van der Waals surface area (Å²) in [6, 6.07) is 4.37. The first-order valence-corrected chi connectivity index (χ1v) is 6.50. The van der Waals surface area contributed by atoms with Crippen LogP contribution in [-0.4, -0.2) is 50.2 Å². The van der Waals surface area contributed by atoms with Crippen molar-refractivity contribution in [2.75, 3.05) is 13.1 Å². The highest BCUT2D eigenvalue weighted by atomic mass is 16.5. The summed E-state index contributed by atoms with van der Waals surface area (Å²) in [5.74, 6) is 0.270. The third-order valence-electron chi connectivity index (χ3n) is 3.17. The Bertz CT molecular complexity index is 667. The van der Waals surface area contributed by atoms with E-state index in [0.29, 0.717) is 19.0 Å². The first kappa shape index (κ1) is 13.2. The van der Waals surface area contributed by atoms with E-state index < -0.39 is 0 Å². The van der Waals surface area contributed by atoms with Gasteiger partial charge in [-0.2, -0.15) is 5.10 Å². The quantitative estimate of drug-likeness (QED) is 0.842. The zero-order valence-electron chi connectivity index (χ0n) is 11.1. The van der Waals surface area contributed by atoms with Crippen molar-refractivity contribution in [1.29, 1.82) is 0 Å². The second-order valence-corrected chi connectivity index (χ2v) is 4.63. The molecule has 0 spiro atoms. The van der Waals surface area contributed by atoms with Gasteiger partial charge in [-0.05, 0) is 6.07 Å². The second-order valence-electron chi connectivity index (χ2n) is 4.63. The van der Waals surface area contributed by atoms with Crippen molar-refractivity contribution in [2.24, 2.45) is 0 Å². The summed E-state index contributed by atoms with van der Waals surface area (Å²) in [5.41, 5.74) is -0.116. The molecule has 1 N–H and O–H groups in total. The molecule has 1 atom stereocenters. The minimum absolute atomic E-state index is 0.105. The summed E-state index contributed by atoms with van der Waals surface area (Å²) in [5, 5.41) is 6.00. The number of aromatic nitrogens is 4. The van der Waals surface area contributed by atoms with Gasteiger partial charge in [-0.15, -0.1) is 0 Å². The van der Waals surface area contributed by atoms with Crippen LogP contribution in [0.1, 0.15) is 16.9 Å². The fourth-order valence-corrected chi connectivity index (χ4v) is 2.15. The normalized spacial score (nSPS) is 17.7. The Labute approximate surface area is 119 Å². The third kappa shape index (κ3) is 3.04. The number of aromatic amines is 1. The van der Waals surface area contributed by atoms with Crippen molar-refractivity contribution in [3.05, 3.63) is 46.8 Å². The topological polar surface area (TPSA) is 101 Å². The Morgan fingerprint density at radius 2 is 2.29 bits per heavy atom. The first-order valence-electron chi connectivity index (χ1n) is 6.50. The molecule has 1 amide bonds. The van der Waals surface area contributed by atoms with Crippen LogP contribution >= 0.6 is 0 Å². The number of carbonyl (C=O) groups excluding carboxylic acids is 1. The lowest BCUT2D eigenvalue weighted by Crippen LogP contribution is -2.32. The van der Waals surface area contributed by atoms with E-state index in [1.807, 2.05) is 0 Å². The highest BCUT2D eigenvalue weighted by molar-refractivity contribution is 5.92. The molecule has 2 aromatic rings. The van der Waals surface area contributed by atoms with Gasteiger partial charge in [0.2, 0.25) is 5.88 Å². The minimum atomic E-state index is -0.335. The standard InChI is InChI=1S/C13H13N5O3/c19-11-2-1-10(16-17-11)13(20)18-6-4-9(7-18)21-12-3-5-14-8-15-12/h1-3,5,8-9H,4,6-7H2,(H,17,19)/t9-/m1/s1. The number of ether oxygens (including phenoxy) is 1. The Balaban J connectivity index is 1.63. The Hall–Kier alpha value is -2.77. The predicted molar refractivity (Wildman–Crippen MR) is 71.8 cm³/mol. The van der Waals surface area contributed by atoms with Crippen molar-refractivity contribution in [3.63, 3.8) is 0 Å². The highest BCUT2D eigenvalue weighted by Gasteiger charge is 2.29. The maximum atomic E-state index is 12.2. The van der Waals surface area contributed by atoms with Gasteiger partial charge in [0, 0.05) is 31.3 Å². The van der Waals surface area contributed by atoms with Crippen LogP contribution in [0.4, 0.5) is 0 Å². The molecule has 0 unspecified atom stereocenters. The monoisotopic (exact) mass is 287 g/mol. The van der Waals surface area contributed by atoms with Crippen molar-refractivity contribution in [1.82, 2.24) is 25.1 Å². The number of amides is 1. The van der Waals surface area contributed by atoms with Crippen molar-refractivity contribution in [3.8, 4) is 5.88 Å². The lowest BCUT2D eigenvalue weighted by molar-refractivity contribution is 0.0764. The molecule has 108 valence electrons. The molecule has 1 aliphatic heterocycles. The summed E-state index contributed by atoms with van der Waals surface area (Å²) >= 11 is 0. The molecular weight excluding hydrogens is 274 g/mol. The van der Waals surface area contributed by atoms with E-state index in [1.165, 1.54) is 18.5 Å². The van der Waals surface area contributed by atoms with Gasteiger partial charge in [-0.1, -0.05) is 0 Å². The molecule has 0 radical (unpaired) electrons. The third-order valence-corrected chi connectivity index (χ3v) is 3.17. The van der Waals surface area contributed by atoms with Crippen LogP contribution in [0.2, 0.25) is 0 Å². The maximum absolute atomic E-state index is 12.2. The number of carbonyl (C=O) groups is 1. The number of likely N-dealkylation sites (tertiary alicyclic amines) is 1. The average Bonchev–Trinajstić information content (AvgIpc) is 2.97. The van der Waals surface area contributed by atoms with Gasteiger partial charge in [0.15, 0.2) is 0 Å². The van der Waals surface area contributed by atoms with E-state index in [1.54, 1.807) is 17.2 Å². The van der Waals surface area contributed by atoms with Gasteiger partial charge >= 0.3 is 0 Å². The number of rotatable bonds is 3. The predicted octanol–water partition coefficient (Wildman–Crippen LogP) is -0.147. The zero-order chi connectivity index (χ0) is 14.7. The molecule has 1 aliphatic rings. The smallest absolute Gasteiger partial charge is 0.274 e. The lowest BCUT2D eigenvalue weighted by atomic mass is 10.3. The van der Waals surface area contributed by atoms with Gasteiger partial charge in [0.1, 0.15) is 18.1 Å². The van der Waals surface area contributed by atoms with Crippen molar-refractivity contribution >= 4 is 5.91 Å². The van der Waals surface area contributed by atoms with E-state index in [4.69, 9.17) is 4.74 Å². The van der Waals surface area contributed by atoms with Gasteiger partial charge in [0.25, 0.3) is 11.5 Å². The molecule has 0 bridgehead atoms. The molecule has 2 aromatic heterocycles. The number of nitrogens with zero attached hydrogens (tertiary/aromatic N) is 4. The largest absolute Gasteiger partial charge is 0.472 e. The van der Waals surface area contributed by atoms with Gasteiger partial charge in [-0.25, -0.2) is 15.1 Å². The SMILES string of the molecule is O=C(c1ccc(=O)[nH]n1)N1CC[C@@H](Oc2ccncn2)C1. The fourth-order valence-electron chi connectivity index (χ4n) is 2.15. The molecule has 0 saturated carbocycles. The molecule has 1 fully saturated rings.